The van der Waals surface area contributed by atoms with Gasteiger partial charge in [0.05, 0.1) is 12.2 Å². The van der Waals surface area contributed by atoms with E-state index >= 15 is 0 Å². The molecule has 1 unspecified atom stereocenters. The van der Waals surface area contributed by atoms with Gasteiger partial charge in [0.25, 0.3) is 0 Å². The lowest BCUT2D eigenvalue weighted by molar-refractivity contribution is -0.137. The van der Waals surface area contributed by atoms with Gasteiger partial charge in [-0.2, -0.15) is 13.2 Å². The van der Waals surface area contributed by atoms with E-state index in [-0.39, 0.29) is 10.6 Å². The van der Waals surface area contributed by atoms with Crippen LogP contribution in [-0.2, 0) is 6.18 Å². The molecule has 0 aliphatic heterocycles. The van der Waals surface area contributed by atoms with Gasteiger partial charge in [-0.3, -0.25) is 0 Å². The van der Waals surface area contributed by atoms with Crippen LogP contribution in [0.2, 0.25) is 5.02 Å². The Hall–Kier alpha value is -0.780. The molecule has 0 fully saturated rings. The molecule has 0 aromatic heterocycles. The van der Waals surface area contributed by atoms with Gasteiger partial charge >= 0.3 is 6.18 Å². The third-order valence-electron chi connectivity index (χ3n) is 1.81. The van der Waals surface area contributed by atoms with Crippen LogP contribution in [0, 0.1) is 0 Å². The van der Waals surface area contributed by atoms with Gasteiger partial charge in [-0.05, 0) is 23.8 Å². The van der Waals surface area contributed by atoms with Crippen LogP contribution in [0.25, 0.3) is 0 Å². The zero-order valence-corrected chi connectivity index (χ0v) is 8.18. The molecule has 0 aliphatic rings. The summed E-state index contributed by atoms with van der Waals surface area (Å²) in [4.78, 5) is 0. The number of benzene rings is 1. The van der Waals surface area contributed by atoms with Crippen molar-refractivity contribution in [1.82, 2.24) is 0 Å². The maximum absolute atomic E-state index is 12.3. The quantitative estimate of drug-likeness (QED) is 0.833. The lowest BCUT2D eigenvalue weighted by Crippen LogP contribution is -2.08. The number of rotatable bonds is 2. The first-order valence-electron chi connectivity index (χ1n) is 4.01. The highest BCUT2D eigenvalue weighted by atomic mass is 35.5. The van der Waals surface area contributed by atoms with E-state index in [1.807, 2.05) is 0 Å². The van der Waals surface area contributed by atoms with Crippen molar-refractivity contribution in [3.8, 4) is 0 Å². The minimum atomic E-state index is -4.52. The van der Waals surface area contributed by atoms with E-state index in [2.05, 4.69) is 0 Å². The van der Waals surface area contributed by atoms with E-state index in [4.69, 9.17) is 21.8 Å². The zero-order chi connectivity index (χ0) is 11.6. The van der Waals surface area contributed by atoms with Crippen molar-refractivity contribution < 1.29 is 23.4 Å². The number of aliphatic hydroxyl groups excluding tert-OH is 2. The third kappa shape index (κ3) is 3.09. The molecule has 0 radical (unpaired) electrons. The average molecular weight is 241 g/mol. The summed E-state index contributed by atoms with van der Waals surface area (Å²) < 4.78 is 36.9. The summed E-state index contributed by atoms with van der Waals surface area (Å²) in [5.41, 5.74) is -1.00. The van der Waals surface area contributed by atoms with Crippen LogP contribution in [0.1, 0.15) is 17.2 Å². The molecule has 0 heterocycles. The normalized spacial score (nSPS) is 14.0. The molecule has 1 aromatic rings. The molecule has 1 aromatic carbocycles. The molecule has 1 atom stereocenters. The first-order chi connectivity index (χ1) is 6.84. The topological polar surface area (TPSA) is 40.5 Å². The summed E-state index contributed by atoms with van der Waals surface area (Å²) in [6.07, 6.45) is -5.88. The Morgan fingerprint density at radius 2 is 1.87 bits per heavy atom. The van der Waals surface area contributed by atoms with Crippen LogP contribution in [0.15, 0.2) is 18.2 Å². The van der Waals surface area contributed by atoms with Gasteiger partial charge in [0.15, 0.2) is 0 Å². The van der Waals surface area contributed by atoms with Crippen LogP contribution in [0.3, 0.4) is 0 Å². The maximum Gasteiger partial charge on any atom is 0.416 e. The smallest absolute Gasteiger partial charge is 0.393 e. The van der Waals surface area contributed by atoms with Crippen molar-refractivity contribution >= 4 is 11.6 Å². The molecular formula is C9H8ClF3O2. The third-order valence-corrected chi connectivity index (χ3v) is 2.02. The van der Waals surface area contributed by atoms with Crippen molar-refractivity contribution in [2.75, 3.05) is 6.61 Å². The Morgan fingerprint density at radius 3 is 2.33 bits per heavy atom. The van der Waals surface area contributed by atoms with Gasteiger partial charge in [0.2, 0.25) is 0 Å². The molecule has 15 heavy (non-hydrogen) atoms. The molecule has 0 aliphatic carbocycles. The van der Waals surface area contributed by atoms with Crippen LogP contribution in [-0.4, -0.2) is 16.8 Å². The summed E-state index contributed by atoms with van der Waals surface area (Å²) in [5.74, 6) is 0. The molecule has 0 spiro atoms. The lowest BCUT2D eigenvalue weighted by Gasteiger charge is -2.12. The van der Waals surface area contributed by atoms with E-state index in [0.717, 1.165) is 12.1 Å². The SMILES string of the molecule is OCC(O)c1cc(Cl)cc(C(F)(F)F)c1. The standard InChI is InChI=1S/C9H8ClF3O2/c10-7-2-5(8(15)4-14)1-6(3-7)9(11,12)13/h1-3,8,14-15H,4H2. The second-order valence-electron chi connectivity index (χ2n) is 2.97. The average Bonchev–Trinajstić information content (AvgIpc) is 2.14. The summed E-state index contributed by atoms with van der Waals surface area (Å²) >= 11 is 5.46. The molecule has 1 rings (SSSR count). The van der Waals surface area contributed by atoms with Gasteiger partial charge in [-0.25, -0.2) is 0 Å². The largest absolute Gasteiger partial charge is 0.416 e. The van der Waals surface area contributed by atoms with Gasteiger partial charge in [-0.15, -0.1) is 0 Å². The zero-order valence-electron chi connectivity index (χ0n) is 7.42. The minimum absolute atomic E-state index is 0.0580. The predicted octanol–water partition coefficient (Wildman–Crippen LogP) is 2.38. The molecule has 2 N–H and O–H groups in total. The number of aliphatic hydroxyl groups is 2. The van der Waals surface area contributed by atoms with Crippen molar-refractivity contribution in [2.45, 2.75) is 12.3 Å². The van der Waals surface area contributed by atoms with Gasteiger partial charge in [0.1, 0.15) is 6.10 Å². The van der Waals surface area contributed by atoms with E-state index in [0.29, 0.717) is 0 Å². The van der Waals surface area contributed by atoms with Crippen molar-refractivity contribution in [3.05, 3.63) is 34.3 Å². The monoisotopic (exact) mass is 240 g/mol. The van der Waals surface area contributed by atoms with E-state index in [1.54, 1.807) is 0 Å². The number of halogens is 4. The van der Waals surface area contributed by atoms with Crippen molar-refractivity contribution in [2.24, 2.45) is 0 Å². The van der Waals surface area contributed by atoms with Gasteiger partial charge in [0, 0.05) is 5.02 Å². The van der Waals surface area contributed by atoms with E-state index < -0.39 is 24.5 Å². The molecule has 0 saturated carbocycles. The second kappa shape index (κ2) is 4.38. The van der Waals surface area contributed by atoms with Crippen molar-refractivity contribution in [3.63, 3.8) is 0 Å². The van der Waals surface area contributed by atoms with Crippen LogP contribution in [0.4, 0.5) is 13.2 Å². The number of alkyl halides is 3. The van der Waals surface area contributed by atoms with E-state index in [9.17, 15) is 13.2 Å². The summed E-state index contributed by atoms with van der Waals surface area (Å²) in [6, 6.07) is 2.69. The molecule has 84 valence electrons. The van der Waals surface area contributed by atoms with E-state index in [1.165, 1.54) is 6.07 Å². The highest BCUT2D eigenvalue weighted by molar-refractivity contribution is 6.30. The first kappa shape index (κ1) is 12.3. The number of hydrogen-bond donors (Lipinski definition) is 2. The molecule has 0 saturated heterocycles. The van der Waals surface area contributed by atoms with Crippen LogP contribution < -0.4 is 0 Å². The Bertz CT molecular complexity index is 352. The summed E-state index contributed by atoms with van der Waals surface area (Å²) in [5, 5.41) is 17.6. The van der Waals surface area contributed by atoms with Gasteiger partial charge < -0.3 is 10.2 Å². The molecule has 2 nitrogen and oxygen atoms in total. The minimum Gasteiger partial charge on any atom is -0.393 e. The van der Waals surface area contributed by atoms with Crippen molar-refractivity contribution in [1.29, 1.82) is 0 Å². The predicted molar refractivity (Wildman–Crippen MR) is 48.5 cm³/mol. The molecule has 6 heteroatoms. The Kier molecular flexibility index (Phi) is 3.59. The molecule has 0 amide bonds. The lowest BCUT2D eigenvalue weighted by atomic mass is 10.1. The number of hydrogen-bond acceptors (Lipinski definition) is 2. The fraction of sp³-hybridized carbons (Fsp3) is 0.333. The second-order valence-corrected chi connectivity index (χ2v) is 3.41. The first-order valence-corrected chi connectivity index (χ1v) is 4.39. The highest BCUT2D eigenvalue weighted by Crippen LogP contribution is 2.33. The fourth-order valence-electron chi connectivity index (χ4n) is 1.07. The Balaban J connectivity index is 3.17. The highest BCUT2D eigenvalue weighted by Gasteiger charge is 2.31. The molecule has 0 bridgehead atoms. The Morgan fingerprint density at radius 1 is 1.27 bits per heavy atom. The summed E-state index contributed by atoms with van der Waals surface area (Å²) in [6.45, 7) is -0.655. The van der Waals surface area contributed by atoms with Crippen LogP contribution >= 0.6 is 11.6 Å². The maximum atomic E-state index is 12.3. The Labute approximate surface area is 88.9 Å². The fourth-order valence-corrected chi connectivity index (χ4v) is 1.32. The molecular weight excluding hydrogens is 233 g/mol. The van der Waals surface area contributed by atoms with Gasteiger partial charge in [-0.1, -0.05) is 11.6 Å². The summed E-state index contributed by atoms with van der Waals surface area (Å²) in [7, 11) is 0. The van der Waals surface area contributed by atoms with Crippen LogP contribution in [0.5, 0.6) is 0 Å².